The van der Waals surface area contributed by atoms with E-state index in [-0.39, 0.29) is 16.4 Å². The topological polar surface area (TPSA) is 85.1 Å². The molecule has 1 aromatic carbocycles. The molecule has 0 atom stereocenters. The van der Waals surface area contributed by atoms with Crippen LogP contribution in [0, 0.1) is 12.7 Å². The van der Waals surface area contributed by atoms with Crippen molar-refractivity contribution in [1.82, 2.24) is 4.98 Å². The first kappa shape index (κ1) is 16.0. The lowest BCUT2D eigenvalue weighted by atomic mass is 10.3. The molecule has 21 heavy (non-hydrogen) atoms. The third-order valence-corrected chi connectivity index (χ3v) is 4.68. The second-order valence-corrected chi connectivity index (χ2v) is 7.06. The maximum absolute atomic E-state index is 13.9. The van der Waals surface area contributed by atoms with Crippen molar-refractivity contribution in [3.63, 3.8) is 0 Å². The van der Waals surface area contributed by atoms with Gasteiger partial charge in [-0.15, -0.1) is 0 Å². The predicted octanol–water partition coefficient (Wildman–Crippen LogP) is 3.33. The SMILES string of the molecule is Cc1nc(Br)ccc1NS(=O)(=O)c1cc(N)cc(Cl)c1F. The van der Waals surface area contributed by atoms with E-state index in [0.29, 0.717) is 10.3 Å². The fourth-order valence-electron chi connectivity index (χ4n) is 1.62. The number of nitrogens with one attached hydrogen (secondary N) is 1. The van der Waals surface area contributed by atoms with E-state index in [4.69, 9.17) is 17.3 Å². The van der Waals surface area contributed by atoms with Crippen LogP contribution in [0.1, 0.15) is 5.69 Å². The minimum absolute atomic E-state index is 0.0485. The van der Waals surface area contributed by atoms with Crippen molar-refractivity contribution in [2.75, 3.05) is 10.5 Å². The monoisotopic (exact) mass is 393 g/mol. The van der Waals surface area contributed by atoms with Crippen molar-refractivity contribution in [3.05, 3.63) is 45.4 Å². The van der Waals surface area contributed by atoms with E-state index in [2.05, 4.69) is 25.6 Å². The molecule has 0 saturated heterocycles. The van der Waals surface area contributed by atoms with Crippen molar-refractivity contribution in [2.45, 2.75) is 11.8 Å². The molecule has 5 nitrogen and oxygen atoms in total. The van der Waals surface area contributed by atoms with Crippen LogP contribution < -0.4 is 10.5 Å². The van der Waals surface area contributed by atoms with Crippen LogP contribution in [0.5, 0.6) is 0 Å². The lowest BCUT2D eigenvalue weighted by molar-refractivity contribution is 0.571. The van der Waals surface area contributed by atoms with Crippen LogP contribution in [-0.4, -0.2) is 13.4 Å². The summed E-state index contributed by atoms with van der Waals surface area (Å²) in [6.45, 7) is 1.62. The van der Waals surface area contributed by atoms with Gasteiger partial charge in [-0.05, 0) is 47.1 Å². The highest BCUT2D eigenvalue weighted by atomic mass is 79.9. The Labute approximate surface area is 134 Å². The van der Waals surface area contributed by atoms with Gasteiger partial charge in [0.25, 0.3) is 10.0 Å². The van der Waals surface area contributed by atoms with E-state index >= 15 is 0 Å². The highest BCUT2D eigenvalue weighted by Gasteiger charge is 2.23. The highest BCUT2D eigenvalue weighted by Crippen LogP contribution is 2.28. The summed E-state index contributed by atoms with van der Waals surface area (Å²) < 4.78 is 41.2. The summed E-state index contributed by atoms with van der Waals surface area (Å²) in [4.78, 5) is 3.44. The first-order valence-electron chi connectivity index (χ1n) is 5.61. The van der Waals surface area contributed by atoms with Gasteiger partial charge in [-0.3, -0.25) is 4.72 Å². The average molecular weight is 395 g/mol. The number of pyridine rings is 1. The third kappa shape index (κ3) is 3.45. The second kappa shape index (κ2) is 5.78. The van der Waals surface area contributed by atoms with Crippen LogP contribution in [0.25, 0.3) is 0 Å². The fourth-order valence-corrected chi connectivity index (χ4v) is 3.55. The number of anilines is 2. The second-order valence-electron chi connectivity index (χ2n) is 4.19. The minimum atomic E-state index is -4.17. The zero-order valence-electron chi connectivity index (χ0n) is 10.7. The number of nitrogen functional groups attached to an aromatic ring is 1. The van der Waals surface area contributed by atoms with Crippen molar-refractivity contribution in [1.29, 1.82) is 0 Å². The molecule has 0 radical (unpaired) electrons. The molecule has 1 aromatic heterocycles. The zero-order chi connectivity index (χ0) is 15.8. The molecule has 0 bridgehead atoms. The Kier molecular flexibility index (Phi) is 4.40. The predicted molar refractivity (Wildman–Crippen MR) is 83.3 cm³/mol. The van der Waals surface area contributed by atoms with Crippen LogP contribution in [0.4, 0.5) is 15.8 Å². The average Bonchev–Trinajstić information content (AvgIpc) is 2.37. The first-order valence-corrected chi connectivity index (χ1v) is 8.26. The fraction of sp³-hybridized carbons (Fsp3) is 0.0833. The molecular weight excluding hydrogens is 385 g/mol. The molecule has 0 aliphatic carbocycles. The van der Waals surface area contributed by atoms with Crippen LogP contribution in [0.15, 0.2) is 33.8 Å². The summed E-state index contributed by atoms with van der Waals surface area (Å²) in [5, 5.41) is -0.360. The maximum Gasteiger partial charge on any atom is 0.265 e. The van der Waals surface area contributed by atoms with E-state index in [1.807, 2.05) is 0 Å². The molecule has 0 fully saturated rings. The number of hydrogen-bond donors (Lipinski definition) is 2. The highest BCUT2D eigenvalue weighted by molar-refractivity contribution is 9.10. The summed E-state index contributed by atoms with van der Waals surface area (Å²) >= 11 is 8.78. The molecule has 112 valence electrons. The van der Waals surface area contributed by atoms with Crippen LogP contribution in [-0.2, 0) is 10.0 Å². The lowest BCUT2D eigenvalue weighted by Crippen LogP contribution is -2.16. The number of halogens is 3. The molecule has 9 heteroatoms. The van der Waals surface area contributed by atoms with E-state index in [1.54, 1.807) is 13.0 Å². The molecule has 0 amide bonds. The number of nitrogens with two attached hydrogens (primary N) is 1. The van der Waals surface area contributed by atoms with Gasteiger partial charge in [0.1, 0.15) is 9.50 Å². The van der Waals surface area contributed by atoms with Gasteiger partial charge in [0.2, 0.25) is 0 Å². The summed E-state index contributed by atoms with van der Waals surface area (Å²) in [7, 11) is -4.17. The first-order chi connectivity index (χ1) is 9.70. The largest absolute Gasteiger partial charge is 0.399 e. The molecule has 0 spiro atoms. The van der Waals surface area contributed by atoms with Gasteiger partial charge in [0, 0.05) is 5.69 Å². The van der Waals surface area contributed by atoms with Crippen molar-refractivity contribution >= 4 is 48.9 Å². The summed E-state index contributed by atoms with van der Waals surface area (Å²) in [6, 6.07) is 5.22. The Morgan fingerprint density at radius 1 is 1.38 bits per heavy atom. The quantitative estimate of drug-likeness (QED) is 0.618. The lowest BCUT2D eigenvalue weighted by Gasteiger charge is -2.12. The third-order valence-electron chi connectivity index (χ3n) is 2.60. The Morgan fingerprint density at radius 3 is 2.67 bits per heavy atom. The number of aryl methyl sites for hydroxylation is 1. The molecule has 2 aromatic rings. The zero-order valence-corrected chi connectivity index (χ0v) is 13.9. The van der Waals surface area contributed by atoms with Crippen LogP contribution in [0.3, 0.4) is 0 Å². The van der Waals surface area contributed by atoms with Crippen molar-refractivity contribution in [2.24, 2.45) is 0 Å². The van der Waals surface area contributed by atoms with Gasteiger partial charge in [-0.1, -0.05) is 11.6 Å². The van der Waals surface area contributed by atoms with Crippen LogP contribution in [0.2, 0.25) is 5.02 Å². The van der Waals surface area contributed by atoms with Gasteiger partial charge in [-0.2, -0.15) is 0 Å². The summed E-state index contributed by atoms with van der Waals surface area (Å²) in [6.07, 6.45) is 0. The molecular formula is C12H10BrClFN3O2S. The molecule has 0 saturated carbocycles. The maximum atomic E-state index is 13.9. The van der Waals surface area contributed by atoms with Gasteiger partial charge in [0.15, 0.2) is 5.82 Å². The molecule has 3 N–H and O–H groups in total. The Bertz CT molecular complexity index is 814. The molecule has 1 heterocycles. The number of nitrogens with zero attached hydrogens (tertiary/aromatic N) is 1. The Hall–Kier alpha value is -1.38. The number of aromatic nitrogens is 1. The molecule has 2 rings (SSSR count). The number of hydrogen-bond acceptors (Lipinski definition) is 4. The standard InChI is InChI=1S/C12H10BrClFN3O2S/c1-6-9(2-3-11(13)17-6)18-21(19,20)10-5-7(16)4-8(14)12(10)15/h2-5,18H,16H2,1H3. The molecule has 0 aliphatic heterocycles. The Balaban J connectivity index is 2.48. The molecule has 0 aliphatic rings. The van der Waals surface area contributed by atoms with E-state index in [1.165, 1.54) is 6.07 Å². The van der Waals surface area contributed by atoms with E-state index in [9.17, 15) is 12.8 Å². The number of sulfonamides is 1. The van der Waals surface area contributed by atoms with Gasteiger partial charge < -0.3 is 5.73 Å². The smallest absolute Gasteiger partial charge is 0.265 e. The molecule has 0 unspecified atom stereocenters. The van der Waals surface area contributed by atoms with Crippen molar-refractivity contribution < 1.29 is 12.8 Å². The van der Waals surface area contributed by atoms with E-state index in [0.717, 1.165) is 12.1 Å². The summed E-state index contributed by atoms with van der Waals surface area (Å²) in [5.41, 5.74) is 6.22. The summed E-state index contributed by atoms with van der Waals surface area (Å²) in [5.74, 6) is -1.05. The van der Waals surface area contributed by atoms with Gasteiger partial charge in [-0.25, -0.2) is 17.8 Å². The van der Waals surface area contributed by atoms with E-state index < -0.39 is 20.7 Å². The van der Waals surface area contributed by atoms with Gasteiger partial charge >= 0.3 is 0 Å². The normalized spacial score (nSPS) is 11.4. The minimum Gasteiger partial charge on any atom is -0.399 e. The van der Waals surface area contributed by atoms with Crippen LogP contribution >= 0.6 is 27.5 Å². The Morgan fingerprint density at radius 2 is 2.05 bits per heavy atom. The van der Waals surface area contributed by atoms with Crippen molar-refractivity contribution in [3.8, 4) is 0 Å². The number of rotatable bonds is 3. The van der Waals surface area contributed by atoms with Gasteiger partial charge in [0.05, 0.1) is 16.4 Å². The number of benzene rings is 1.